The highest BCUT2D eigenvalue weighted by Gasteiger charge is 2.10. The zero-order chi connectivity index (χ0) is 12.4. The fraction of sp³-hybridized carbons (Fsp3) is 0. The van der Waals surface area contributed by atoms with Crippen molar-refractivity contribution in [2.24, 2.45) is 5.73 Å². The molecule has 0 spiro atoms. The number of halogens is 1. The van der Waals surface area contributed by atoms with Crippen LogP contribution in [0.25, 0.3) is 11.1 Å². The SMILES string of the molecule is NC(=O)c1ccc(N)cc1-c1ccc(F)cc1. The van der Waals surface area contributed by atoms with Crippen molar-refractivity contribution >= 4 is 11.6 Å². The Bertz CT molecular complexity index is 564. The van der Waals surface area contributed by atoms with Crippen molar-refractivity contribution in [1.29, 1.82) is 0 Å². The van der Waals surface area contributed by atoms with Crippen molar-refractivity contribution in [2.75, 3.05) is 5.73 Å². The molecule has 0 saturated heterocycles. The summed E-state index contributed by atoms with van der Waals surface area (Å²) in [5.74, 6) is -0.873. The van der Waals surface area contributed by atoms with Crippen molar-refractivity contribution < 1.29 is 9.18 Å². The van der Waals surface area contributed by atoms with E-state index in [1.807, 2.05) is 0 Å². The molecule has 2 rings (SSSR count). The van der Waals surface area contributed by atoms with Gasteiger partial charge in [-0.2, -0.15) is 0 Å². The minimum absolute atomic E-state index is 0.335. The summed E-state index contributed by atoms with van der Waals surface area (Å²) >= 11 is 0. The summed E-state index contributed by atoms with van der Waals surface area (Å²) in [4.78, 5) is 11.3. The van der Waals surface area contributed by atoms with Crippen LogP contribution >= 0.6 is 0 Å². The summed E-state index contributed by atoms with van der Waals surface area (Å²) in [7, 11) is 0. The van der Waals surface area contributed by atoms with E-state index in [9.17, 15) is 9.18 Å². The van der Waals surface area contributed by atoms with E-state index in [1.165, 1.54) is 12.1 Å². The minimum Gasteiger partial charge on any atom is -0.399 e. The molecule has 0 heterocycles. The molecule has 0 atom stereocenters. The molecule has 0 aliphatic rings. The first kappa shape index (κ1) is 11.1. The Morgan fingerprint density at radius 1 is 1.06 bits per heavy atom. The molecule has 2 aromatic rings. The molecule has 0 aliphatic heterocycles. The van der Waals surface area contributed by atoms with Crippen LogP contribution in [0.5, 0.6) is 0 Å². The predicted molar refractivity (Wildman–Crippen MR) is 64.8 cm³/mol. The van der Waals surface area contributed by atoms with E-state index in [1.54, 1.807) is 30.3 Å². The first-order valence-electron chi connectivity index (χ1n) is 5.03. The maximum Gasteiger partial charge on any atom is 0.249 e. The molecule has 0 saturated carbocycles. The average molecular weight is 230 g/mol. The van der Waals surface area contributed by atoms with Gasteiger partial charge in [0.25, 0.3) is 0 Å². The second kappa shape index (κ2) is 4.25. The summed E-state index contributed by atoms with van der Waals surface area (Å²) in [6.45, 7) is 0. The standard InChI is InChI=1S/C13H11FN2O/c14-9-3-1-8(2-4-9)12-7-10(15)5-6-11(12)13(16)17/h1-7H,15H2,(H2,16,17). The molecule has 1 amide bonds. The molecule has 3 nitrogen and oxygen atoms in total. The number of carbonyl (C=O) groups excluding carboxylic acids is 1. The Kier molecular flexibility index (Phi) is 2.78. The molecular weight excluding hydrogens is 219 g/mol. The topological polar surface area (TPSA) is 69.1 Å². The molecule has 2 aromatic carbocycles. The van der Waals surface area contributed by atoms with Gasteiger partial charge < -0.3 is 11.5 Å². The number of benzene rings is 2. The highest BCUT2D eigenvalue weighted by atomic mass is 19.1. The Morgan fingerprint density at radius 3 is 2.29 bits per heavy atom. The molecule has 0 bridgehead atoms. The van der Waals surface area contributed by atoms with Crippen LogP contribution in [0.1, 0.15) is 10.4 Å². The quantitative estimate of drug-likeness (QED) is 0.776. The van der Waals surface area contributed by atoms with Gasteiger partial charge in [0.2, 0.25) is 5.91 Å². The number of anilines is 1. The zero-order valence-corrected chi connectivity index (χ0v) is 8.98. The maximum absolute atomic E-state index is 12.8. The van der Waals surface area contributed by atoms with Crippen molar-refractivity contribution in [3.63, 3.8) is 0 Å². The van der Waals surface area contributed by atoms with Crippen LogP contribution in [-0.4, -0.2) is 5.91 Å². The largest absolute Gasteiger partial charge is 0.399 e. The fourth-order valence-corrected chi connectivity index (χ4v) is 1.65. The molecule has 17 heavy (non-hydrogen) atoms. The third-order valence-electron chi connectivity index (χ3n) is 2.46. The zero-order valence-electron chi connectivity index (χ0n) is 8.98. The number of rotatable bonds is 2. The monoisotopic (exact) mass is 230 g/mol. The van der Waals surface area contributed by atoms with Gasteiger partial charge in [-0.1, -0.05) is 12.1 Å². The van der Waals surface area contributed by atoms with Crippen molar-refractivity contribution in [3.8, 4) is 11.1 Å². The summed E-state index contributed by atoms with van der Waals surface area (Å²) in [6.07, 6.45) is 0. The van der Waals surface area contributed by atoms with Gasteiger partial charge in [0.1, 0.15) is 5.82 Å². The molecule has 4 heteroatoms. The third kappa shape index (κ3) is 2.25. The maximum atomic E-state index is 12.8. The number of hydrogen-bond donors (Lipinski definition) is 2. The van der Waals surface area contributed by atoms with Crippen LogP contribution in [0, 0.1) is 5.82 Å². The molecule has 0 radical (unpaired) electrons. The van der Waals surface area contributed by atoms with E-state index in [0.29, 0.717) is 22.4 Å². The summed E-state index contributed by atoms with van der Waals surface area (Å²) in [5, 5.41) is 0. The predicted octanol–water partition coefficient (Wildman–Crippen LogP) is 2.17. The lowest BCUT2D eigenvalue weighted by atomic mass is 9.98. The number of amides is 1. The van der Waals surface area contributed by atoms with Crippen molar-refractivity contribution in [3.05, 3.63) is 53.8 Å². The molecule has 0 fully saturated rings. The van der Waals surface area contributed by atoms with E-state index in [-0.39, 0.29) is 5.82 Å². The molecule has 0 aliphatic carbocycles. The minimum atomic E-state index is -0.538. The summed E-state index contributed by atoms with van der Waals surface area (Å²) in [5.41, 5.74) is 13.1. The van der Waals surface area contributed by atoms with Crippen LogP contribution in [0.15, 0.2) is 42.5 Å². The lowest BCUT2D eigenvalue weighted by Crippen LogP contribution is -2.12. The van der Waals surface area contributed by atoms with Gasteiger partial charge in [0.05, 0.1) is 0 Å². The average Bonchev–Trinajstić information content (AvgIpc) is 2.29. The highest BCUT2D eigenvalue weighted by Crippen LogP contribution is 2.26. The van der Waals surface area contributed by atoms with Gasteiger partial charge in [0, 0.05) is 11.3 Å². The van der Waals surface area contributed by atoms with Gasteiger partial charge in [-0.15, -0.1) is 0 Å². The number of nitrogens with two attached hydrogens (primary N) is 2. The number of hydrogen-bond acceptors (Lipinski definition) is 2. The Hall–Kier alpha value is -2.36. The van der Waals surface area contributed by atoms with E-state index >= 15 is 0 Å². The Morgan fingerprint density at radius 2 is 1.71 bits per heavy atom. The summed E-state index contributed by atoms with van der Waals surface area (Å²) in [6, 6.07) is 10.6. The van der Waals surface area contributed by atoms with Crippen LogP contribution in [0.3, 0.4) is 0 Å². The Labute approximate surface area is 97.9 Å². The van der Waals surface area contributed by atoms with E-state index < -0.39 is 5.91 Å². The van der Waals surface area contributed by atoms with Crippen LogP contribution in [-0.2, 0) is 0 Å². The number of carbonyl (C=O) groups is 1. The molecular formula is C13H11FN2O. The van der Waals surface area contributed by atoms with E-state index in [4.69, 9.17) is 11.5 Å². The molecule has 86 valence electrons. The van der Waals surface area contributed by atoms with Crippen LogP contribution in [0.4, 0.5) is 10.1 Å². The van der Waals surface area contributed by atoms with Crippen LogP contribution in [0.2, 0.25) is 0 Å². The third-order valence-corrected chi connectivity index (χ3v) is 2.46. The normalized spacial score (nSPS) is 10.2. The molecule has 4 N–H and O–H groups in total. The van der Waals surface area contributed by atoms with Crippen molar-refractivity contribution in [2.45, 2.75) is 0 Å². The van der Waals surface area contributed by atoms with Gasteiger partial charge in [-0.3, -0.25) is 4.79 Å². The van der Waals surface area contributed by atoms with Gasteiger partial charge in [0.15, 0.2) is 0 Å². The fourth-order valence-electron chi connectivity index (χ4n) is 1.65. The lowest BCUT2D eigenvalue weighted by molar-refractivity contribution is 0.100. The van der Waals surface area contributed by atoms with E-state index in [2.05, 4.69) is 0 Å². The van der Waals surface area contributed by atoms with Crippen LogP contribution < -0.4 is 11.5 Å². The highest BCUT2D eigenvalue weighted by molar-refractivity contribution is 6.00. The van der Waals surface area contributed by atoms with Crippen molar-refractivity contribution in [1.82, 2.24) is 0 Å². The molecule has 0 unspecified atom stereocenters. The number of primary amides is 1. The number of nitrogen functional groups attached to an aromatic ring is 1. The smallest absolute Gasteiger partial charge is 0.249 e. The second-order valence-corrected chi connectivity index (χ2v) is 3.68. The molecule has 0 aromatic heterocycles. The summed E-state index contributed by atoms with van der Waals surface area (Å²) < 4.78 is 12.8. The van der Waals surface area contributed by atoms with Gasteiger partial charge in [-0.05, 0) is 41.5 Å². The second-order valence-electron chi connectivity index (χ2n) is 3.68. The van der Waals surface area contributed by atoms with Gasteiger partial charge in [-0.25, -0.2) is 4.39 Å². The first-order valence-corrected chi connectivity index (χ1v) is 5.03. The van der Waals surface area contributed by atoms with Gasteiger partial charge >= 0.3 is 0 Å². The van der Waals surface area contributed by atoms with E-state index in [0.717, 1.165) is 0 Å². The Balaban J connectivity index is 2.60. The lowest BCUT2D eigenvalue weighted by Gasteiger charge is -2.08. The first-order chi connectivity index (χ1) is 8.08.